The number of anilines is 2. The molecule has 12 heavy (non-hydrogen) atoms. The van der Waals surface area contributed by atoms with Crippen LogP contribution in [0, 0.1) is 0 Å². The molecule has 0 amide bonds. The molecule has 0 spiro atoms. The van der Waals surface area contributed by atoms with E-state index in [-0.39, 0.29) is 0 Å². The summed E-state index contributed by atoms with van der Waals surface area (Å²) < 4.78 is 0. The Labute approximate surface area is 73.1 Å². The molecule has 1 rings (SSSR count). The van der Waals surface area contributed by atoms with Crippen molar-refractivity contribution in [1.82, 2.24) is 0 Å². The maximum Gasteiger partial charge on any atom is 0.0576 e. The zero-order chi connectivity index (χ0) is 8.97. The lowest BCUT2D eigenvalue weighted by Crippen LogP contribution is -2.04. The Morgan fingerprint density at radius 2 is 2.17 bits per heavy atom. The third kappa shape index (κ3) is 2.31. The van der Waals surface area contributed by atoms with Gasteiger partial charge in [-0.1, -0.05) is 24.3 Å². The predicted octanol–water partition coefficient (Wildman–Crippen LogP) is 2.26. The fraction of sp³-hybridized carbons (Fsp3) is 0.200. The topological polar surface area (TPSA) is 38.0 Å². The smallest absolute Gasteiger partial charge is 0.0576 e. The maximum absolute atomic E-state index is 5.71. The van der Waals surface area contributed by atoms with Crippen molar-refractivity contribution in [3.63, 3.8) is 0 Å². The van der Waals surface area contributed by atoms with E-state index in [9.17, 15) is 0 Å². The van der Waals surface area contributed by atoms with Gasteiger partial charge in [0.1, 0.15) is 0 Å². The molecule has 0 aromatic heterocycles. The van der Waals surface area contributed by atoms with Crippen molar-refractivity contribution < 1.29 is 0 Å². The molecule has 1 aromatic rings. The van der Waals surface area contributed by atoms with Gasteiger partial charge in [-0.2, -0.15) is 0 Å². The molecule has 2 heteroatoms. The monoisotopic (exact) mass is 162 g/mol. The Morgan fingerprint density at radius 3 is 2.75 bits per heavy atom. The summed E-state index contributed by atoms with van der Waals surface area (Å²) >= 11 is 0. The van der Waals surface area contributed by atoms with E-state index in [1.807, 2.05) is 31.2 Å². The fourth-order valence-electron chi connectivity index (χ4n) is 0.904. The second-order valence-electron chi connectivity index (χ2n) is 2.90. The van der Waals surface area contributed by atoms with Gasteiger partial charge in [0.05, 0.1) is 11.4 Å². The van der Waals surface area contributed by atoms with E-state index in [2.05, 4.69) is 11.9 Å². The van der Waals surface area contributed by atoms with Crippen LogP contribution in [0.25, 0.3) is 0 Å². The van der Waals surface area contributed by atoms with E-state index in [1.165, 1.54) is 0 Å². The number of hydrogen-bond donors (Lipinski definition) is 2. The van der Waals surface area contributed by atoms with E-state index in [4.69, 9.17) is 5.73 Å². The predicted molar refractivity (Wildman–Crippen MR) is 54.2 cm³/mol. The lowest BCUT2D eigenvalue weighted by molar-refractivity contribution is 1.22. The van der Waals surface area contributed by atoms with Crippen LogP contribution in [0.4, 0.5) is 11.4 Å². The average molecular weight is 162 g/mol. The van der Waals surface area contributed by atoms with Gasteiger partial charge in [0, 0.05) is 6.54 Å². The molecular formula is C10H14N2. The number of nitrogens with one attached hydrogen (secondary N) is 1. The van der Waals surface area contributed by atoms with Crippen LogP contribution in [0.5, 0.6) is 0 Å². The molecule has 3 N–H and O–H groups in total. The molecule has 0 saturated heterocycles. The molecule has 0 aliphatic rings. The summed E-state index contributed by atoms with van der Waals surface area (Å²) in [6.45, 7) is 6.55. The molecule has 0 aliphatic carbocycles. The van der Waals surface area contributed by atoms with E-state index >= 15 is 0 Å². The molecule has 0 saturated carbocycles. The van der Waals surface area contributed by atoms with Crippen LogP contribution in [-0.4, -0.2) is 6.54 Å². The van der Waals surface area contributed by atoms with E-state index < -0.39 is 0 Å². The van der Waals surface area contributed by atoms with Gasteiger partial charge in [-0.15, -0.1) is 0 Å². The molecule has 0 unspecified atom stereocenters. The normalized spacial score (nSPS) is 9.42. The average Bonchev–Trinajstić information content (AvgIpc) is 2.03. The van der Waals surface area contributed by atoms with E-state index in [0.29, 0.717) is 0 Å². The van der Waals surface area contributed by atoms with Crippen LogP contribution < -0.4 is 11.1 Å². The Morgan fingerprint density at radius 1 is 1.50 bits per heavy atom. The Hall–Kier alpha value is -1.44. The summed E-state index contributed by atoms with van der Waals surface area (Å²) in [7, 11) is 0. The largest absolute Gasteiger partial charge is 0.397 e. The summed E-state index contributed by atoms with van der Waals surface area (Å²) in [6, 6.07) is 7.71. The highest BCUT2D eigenvalue weighted by Gasteiger charge is 1.94. The van der Waals surface area contributed by atoms with Gasteiger partial charge in [0.25, 0.3) is 0 Å². The van der Waals surface area contributed by atoms with Crippen molar-refractivity contribution >= 4 is 11.4 Å². The fourth-order valence-corrected chi connectivity index (χ4v) is 0.904. The minimum atomic E-state index is 0.772. The van der Waals surface area contributed by atoms with Gasteiger partial charge in [0.15, 0.2) is 0 Å². The molecule has 2 nitrogen and oxygen atoms in total. The van der Waals surface area contributed by atoms with Crippen LogP contribution in [-0.2, 0) is 0 Å². The van der Waals surface area contributed by atoms with Crippen LogP contribution in [0.15, 0.2) is 36.4 Å². The van der Waals surface area contributed by atoms with E-state index in [1.54, 1.807) is 0 Å². The van der Waals surface area contributed by atoms with Gasteiger partial charge in [0.2, 0.25) is 0 Å². The SMILES string of the molecule is C=C(C)CNc1ccccc1N. The number of rotatable bonds is 3. The van der Waals surface area contributed by atoms with Crippen LogP contribution >= 0.6 is 0 Å². The van der Waals surface area contributed by atoms with Crippen molar-refractivity contribution in [1.29, 1.82) is 0 Å². The van der Waals surface area contributed by atoms with Crippen LogP contribution in [0.2, 0.25) is 0 Å². The standard InChI is InChI=1S/C10H14N2/c1-8(2)7-12-10-6-4-3-5-9(10)11/h3-6,12H,1,7,11H2,2H3. The molecular weight excluding hydrogens is 148 g/mol. The summed E-state index contributed by atoms with van der Waals surface area (Å²) in [5.41, 5.74) is 8.56. The Kier molecular flexibility index (Phi) is 2.75. The highest BCUT2D eigenvalue weighted by atomic mass is 14.9. The molecule has 0 fully saturated rings. The molecule has 0 radical (unpaired) electrons. The Bertz CT molecular complexity index is 279. The maximum atomic E-state index is 5.71. The summed E-state index contributed by atoms with van der Waals surface area (Å²) in [4.78, 5) is 0. The second-order valence-corrected chi connectivity index (χ2v) is 2.90. The number of benzene rings is 1. The molecule has 0 aliphatic heterocycles. The number of hydrogen-bond acceptors (Lipinski definition) is 2. The van der Waals surface area contributed by atoms with Crippen molar-refractivity contribution in [3.05, 3.63) is 36.4 Å². The lowest BCUT2D eigenvalue weighted by Gasteiger charge is -2.07. The van der Waals surface area contributed by atoms with Gasteiger partial charge in [-0.05, 0) is 19.1 Å². The number of nitrogen functional groups attached to an aromatic ring is 1. The first-order valence-corrected chi connectivity index (χ1v) is 3.93. The quantitative estimate of drug-likeness (QED) is 0.528. The zero-order valence-corrected chi connectivity index (χ0v) is 7.30. The van der Waals surface area contributed by atoms with Crippen molar-refractivity contribution in [3.8, 4) is 0 Å². The first-order valence-electron chi connectivity index (χ1n) is 3.93. The summed E-state index contributed by atoms with van der Waals surface area (Å²) in [5.74, 6) is 0. The summed E-state index contributed by atoms with van der Waals surface area (Å²) in [5, 5.41) is 3.19. The first kappa shape index (κ1) is 8.65. The third-order valence-electron chi connectivity index (χ3n) is 1.54. The van der Waals surface area contributed by atoms with Gasteiger partial charge in [-0.25, -0.2) is 0 Å². The molecule has 1 aromatic carbocycles. The van der Waals surface area contributed by atoms with Crippen molar-refractivity contribution in [2.75, 3.05) is 17.6 Å². The zero-order valence-electron chi connectivity index (χ0n) is 7.30. The van der Waals surface area contributed by atoms with Crippen molar-refractivity contribution in [2.45, 2.75) is 6.92 Å². The van der Waals surface area contributed by atoms with Gasteiger partial charge < -0.3 is 11.1 Å². The third-order valence-corrected chi connectivity index (χ3v) is 1.54. The molecule has 64 valence electrons. The second kappa shape index (κ2) is 3.81. The van der Waals surface area contributed by atoms with Crippen LogP contribution in [0.3, 0.4) is 0 Å². The van der Waals surface area contributed by atoms with Crippen LogP contribution in [0.1, 0.15) is 6.92 Å². The van der Waals surface area contributed by atoms with E-state index in [0.717, 1.165) is 23.5 Å². The van der Waals surface area contributed by atoms with Gasteiger partial charge >= 0.3 is 0 Å². The molecule has 0 atom stereocenters. The van der Waals surface area contributed by atoms with Gasteiger partial charge in [-0.3, -0.25) is 0 Å². The minimum Gasteiger partial charge on any atom is -0.397 e. The highest BCUT2D eigenvalue weighted by Crippen LogP contribution is 2.16. The molecule has 0 bridgehead atoms. The number of para-hydroxylation sites is 2. The first-order chi connectivity index (χ1) is 5.70. The number of nitrogens with two attached hydrogens (primary N) is 1. The minimum absolute atomic E-state index is 0.772. The highest BCUT2D eigenvalue weighted by molar-refractivity contribution is 5.65. The lowest BCUT2D eigenvalue weighted by atomic mass is 10.2. The summed E-state index contributed by atoms with van der Waals surface area (Å²) in [6.07, 6.45) is 0. The Balaban J connectivity index is 2.63. The van der Waals surface area contributed by atoms with Crippen molar-refractivity contribution in [2.24, 2.45) is 0 Å². The molecule has 0 heterocycles.